The summed E-state index contributed by atoms with van der Waals surface area (Å²) in [6.45, 7) is 10.2. The Hall–Kier alpha value is -2.30. The highest BCUT2D eigenvalue weighted by Gasteiger charge is 2.24. The van der Waals surface area contributed by atoms with Crippen molar-refractivity contribution in [1.29, 1.82) is 0 Å². The van der Waals surface area contributed by atoms with Crippen LogP contribution in [-0.4, -0.2) is 31.0 Å². The minimum atomic E-state index is -0.584. The third kappa shape index (κ3) is 5.24. The molecule has 0 aliphatic carbocycles. The SMILES string of the molecule is C=CCNC(=O)[C@@H](NC(=O)c1ccc(OCC)cc1)C(C)C. The maximum Gasteiger partial charge on any atom is 0.251 e. The smallest absolute Gasteiger partial charge is 0.251 e. The fraction of sp³-hybridized carbons (Fsp3) is 0.412. The topological polar surface area (TPSA) is 67.4 Å². The molecule has 120 valence electrons. The summed E-state index contributed by atoms with van der Waals surface area (Å²) < 4.78 is 5.34. The van der Waals surface area contributed by atoms with Crippen molar-refractivity contribution in [2.75, 3.05) is 13.2 Å². The minimum Gasteiger partial charge on any atom is -0.494 e. The molecule has 5 nitrogen and oxygen atoms in total. The van der Waals surface area contributed by atoms with E-state index in [0.717, 1.165) is 0 Å². The largest absolute Gasteiger partial charge is 0.494 e. The Morgan fingerprint density at radius 3 is 2.41 bits per heavy atom. The van der Waals surface area contributed by atoms with Crippen LogP contribution >= 0.6 is 0 Å². The number of amides is 2. The van der Waals surface area contributed by atoms with E-state index < -0.39 is 6.04 Å². The number of hydrogen-bond acceptors (Lipinski definition) is 3. The monoisotopic (exact) mass is 304 g/mol. The molecule has 0 bridgehead atoms. The molecule has 5 heteroatoms. The lowest BCUT2D eigenvalue weighted by atomic mass is 10.0. The predicted molar refractivity (Wildman–Crippen MR) is 86.9 cm³/mol. The molecule has 1 aromatic carbocycles. The molecule has 0 spiro atoms. The first-order valence-electron chi connectivity index (χ1n) is 7.41. The molecule has 0 heterocycles. The van der Waals surface area contributed by atoms with E-state index >= 15 is 0 Å². The lowest BCUT2D eigenvalue weighted by Crippen LogP contribution is -2.49. The second-order valence-electron chi connectivity index (χ2n) is 5.19. The lowest BCUT2D eigenvalue weighted by Gasteiger charge is -2.21. The van der Waals surface area contributed by atoms with Crippen molar-refractivity contribution in [3.05, 3.63) is 42.5 Å². The summed E-state index contributed by atoms with van der Waals surface area (Å²) >= 11 is 0. The van der Waals surface area contributed by atoms with Crippen LogP contribution in [0.4, 0.5) is 0 Å². The van der Waals surface area contributed by atoms with Gasteiger partial charge in [0, 0.05) is 12.1 Å². The van der Waals surface area contributed by atoms with Gasteiger partial charge >= 0.3 is 0 Å². The van der Waals surface area contributed by atoms with E-state index in [0.29, 0.717) is 24.5 Å². The summed E-state index contributed by atoms with van der Waals surface area (Å²) in [5, 5.41) is 5.47. The van der Waals surface area contributed by atoms with Crippen molar-refractivity contribution in [2.45, 2.75) is 26.8 Å². The van der Waals surface area contributed by atoms with E-state index in [4.69, 9.17) is 4.74 Å². The number of rotatable bonds is 8. The third-order valence-electron chi connectivity index (χ3n) is 3.08. The molecule has 1 atom stereocenters. The molecule has 0 radical (unpaired) electrons. The zero-order chi connectivity index (χ0) is 16.5. The Labute approximate surface area is 131 Å². The van der Waals surface area contributed by atoms with E-state index in [1.165, 1.54) is 0 Å². The van der Waals surface area contributed by atoms with Crippen molar-refractivity contribution in [3.8, 4) is 5.75 Å². The zero-order valence-corrected chi connectivity index (χ0v) is 13.4. The van der Waals surface area contributed by atoms with Crippen LogP contribution in [0.2, 0.25) is 0 Å². The molecule has 0 aliphatic rings. The standard InChI is InChI=1S/C17H24N2O3/c1-5-11-18-17(21)15(12(3)4)19-16(20)13-7-9-14(10-8-13)22-6-2/h5,7-10,12,15H,1,6,11H2,2-4H3,(H,18,21)(H,19,20)/t15-/m0/s1. The Balaban J connectivity index is 2.73. The van der Waals surface area contributed by atoms with Gasteiger partial charge in [-0.1, -0.05) is 19.9 Å². The summed E-state index contributed by atoms with van der Waals surface area (Å²) in [5.41, 5.74) is 0.491. The lowest BCUT2D eigenvalue weighted by molar-refractivity contribution is -0.123. The van der Waals surface area contributed by atoms with Gasteiger partial charge in [0.1, 0.15) is 11.8 Å². The van der Waals surface area contributed by atoms with Crippen molar-refractivity contribution < 1.29 is 14.3 Å². The van der Waals surface area contributed by atoms with Crippen LogP contribution in [0.3, 0.4) is 0 Å². The first-order chi connectivity index (χ1) is 10.5. The third-order valence-corrected chi connectivity index (χ3v) is 3.08. The number of ether oxygens (including phenoxy) is 1. The van der Waals surface area contributed by atoms with Crippen molar-refractivity contribution in [3.63, 3.8) is 0 Å². The fourth-order valence-electron chi connectivity index (χ4n) is 1.91. The zero-order valence-electron chi connectivity index (χ0n) is 13.4. The second-order valence-corrected chi connectivity index (χ2v) is 5.19. The van der Waals surface area contributed by atoms with Gasteiger partial charge in [-0.25, -0.2) is 0 Å². The number of carbonyl (C=O) groups excluding carboxylic acids is 2. The highest BCUT2D eigenvalue weighted by molar-refractivity contribution is 5.97. The highest BCUT2D eigenvalue weighted by atomic mass is 16.5. The molecule has 0 aromatic heterocycles. The molecular formula is C17H24N2O3. The van der Waals surface area contributed by atoms with E-state index in [9.17, 15) is 9.59 Å². The van der Waals surface area contributed by atoms with Crippen molar-refractivity contribution >= 4 is 11.8 Å². The number of benzene rings is 1. The van der Waals surface area contributed by atoms with Crippen LogP contribution in [0, 0.1) is 5.92 Å². The van der Waals surface area contributed by atoms with Crippen LogP contribution in [0.25, 0.3) is 0 Å². The maximum absolute atomic E-state index is 12.3. The normalized spacial score (nSPS) is 11.6. The summed E-state index contributed by atoms with van der Waals surface area (Å²) in [6, 6.07) is 6.25. The first kappa shape index (κ1) is 17.8. The number of nitrogens with one attached hydrogen (secondary N) is 2. The second kappa shape index (κ2) is 8.87. The van der Waals surface area contributed by atoms with Gasteiger partial charge in [-0.15, -0.1) is 6.58 Å². The van der Waals surface area contributed by atoms with Crippen molar-refractivity contribution in [2.24, 2.45) is 5.92 Å². The van der Waals surface area contributed by atoms with Crippen molar-refractivity contribution in [1.82, 2.24) is 10.6 Å². The average molecular weight is 304 g/mol. The number of carbonyl (C=O) groups is 2. The van der Waals surface area contributed by atoms with Crippen LogP contribution < -0.4 is 15.4 Å². The van der Waals surface area contributed by atoms with Crippen LogP contribution in [0.5, 0.6) is 5.75 Å². The summed E-state index contributed by atoms with van der Waals surface area (Å²) in [6.07, 6.45) is 1.60. The van der Waals surface area contributed by atoms with Gasteiger partial charge in [0.2, 0.25) is 5.91 Å². The Bertz CT molecular complexity index is 509. The molecule has 0 aliphatic heterocycles. The minimum absolute atomic E-state index is 0.0172. The summed E-state index contributed by atoms with van der Waals surface area (Å²) in [7, 11) is 0. The van der Waals surface area contributed by atoms with Gasteiger partial charge < -0.3 is 15.4 Å². The molecule has 1 rings (SSSR count). The van der Waals surface area contributed by atoms with E-state index in [2.05, 4.69) is 17.2 Å². The summed E-state index contributed by atoms with van der Waals surface area (Å²) in [5.74, 6) is 0.198. The summed E-state index contributed by atoms with van der Waals surface area (Å²) in [4.78, 5) is 24.3. The van der Waals surface area contributed by atoms with Crippen LogP contribution in [0.15, 0.2) is 36.9 Å². The van der Waals surface area contributed by atoms with E-state index in [1.54, 1.807) is 30.3 Å². The Morgan fingerprint density at radius 2 is 1.91 bits per heavy atom. The van der Waals surface area contributed by atoms with E-state index in [1.807, 2.05) is 20.8 Å². The molecule has 2 amide bonds. The maximum atomic E-state index is 12.3. The average Bonchev–Trinajstić information content (AvgIpc) is 2.50. The van der Waals surface area contributed by atoms with Gasteiger partial charge in [0.05, 0.1) is 6.61 Å². The molecule has 22 heavy (non-hydrogen) atoms. The highest BCUT2D eigenvalue weighted by Crippen LogP contribution is 2.12. The molecule has 0 fully saturated rings. The van der Waals surface area contributed by atoms with Gasteiger partial charge in [0.15, 0.2) is 0 Å². The van der Waals surface area contributed by atoms with Gasteiger partial charge in [-0.3, -0.25) is 9.59 Å². The number of hydrogen-bond donors (Lipinski definition) is 2. The van der Waals surface area contributed by atoms with Crippen LogP contribution in [-0.2, 0) is 4.79 Å². The van der Waals surface area contributed by atoms with Gasteiger partial charge in [-0.05, 0) is 37.1 Å². The fourth-order valence-corrected chi connectivity index (χ4v) is 1.91. The molecule has 0 saturated heterocycles. The molecule has 1 aromatic rings. The quantitative estimate of drug-likeness (QED) is 0.723. The predicted octanol–water partition coefficient (Wildman–Crippen LogP) is 2.14. The molecule has 0 saturated carbocycles. The Morgan fingerprint density at radius 1 is 1.27 bits per heavy atom. The van der Waals surface area contributed by atoms with E-state index in [-0.39, 0.29) is 17.7 Å². The van der Waals surface area contributed by atoms with Gasteiger partial charge in [-0.2, -0.15) is 0 Å². The Kier molecular flexibility index (Phi) is 7.16. The van der Waals surface area contributed by atoms with Crippen LogP contribution in [0.1, 0.15) is 31.1 Å². The van der Waals surface area contributed by atoms with Gasteiger partial charge in [0.25, 0.3) is 5.91 Å². The molecule has 2 N–H and O–H groups in total. The molecule has 0 unspecified atom stereocenters. The molecular weight excluding hydrogens is 280 g/mol. The first-order valence-corrected chi connectivity index (χ1v) is 7.41.